The van der Waals surface area contributed by atoms with E-state index in [0.717, 1.165) is 12.8 Å². The Bertz CT molecular complexity index is 207. The van der Waals surface area contributed by atoms with Gasteiger partial charge in [-0.25, -0.2) is 4.79 Å². The van der Waals surface area contributed by atoms with E-state index < -0.39 is 6.10 Å². The Morgan fingerprint density at radius 1 is 1.40 bits per heavy atom. The number of ether oxygens (including phenoxy) is 1. The van der Waals surface area contributed by atoms with Gasteiger partial charge >= 0.3 is 5.97 Å². The summed E-state index contributed by atoms with van der Waals surface area (Å²) in [6, 6.07) is 0. The molecule has 0 spiro atoms. The molecule has 1 atom stereocenters. The zero-order valence-corrected chi connectivity index (χ0v) is 9.95. The van der Waals surface area contributed by atoms with Crippen LogP contribution in [0.5, 0.6) is 0 Å². The van der Waals surface area contributed by atoms with E-state index in [9.17, 15) is 4.79 Å². The maximum absolute atomic E-state index is 11.3. The van der Waals surface area contributed by atoms with Crippen molar-refractivity contribution in [2.75, 3.05) is 6.61 Å². The maximum Gasteiger partial charge on any atom is 0.333 e. The summed E-state index contributed by atoms with van der Waals surface area (Å²) in [5.74, 6) is -0.326. The van der Waals surface area contributed by atoms with Crippen molar-refractivity contribution in [2.45, 2.75) is 52.6 Å². The topological polar surface area (TPSA) is 46.5 Å². The van der Waals surface area contributed by atoms with E-state index >= 15 is 0 Å². The first-order valence-corrected chi connectivity index (χ1v) is 5.61. The Labute approximate surface area is 92.1 Å². The first-order valence-electron chi connectivity index (χ1n) is 5.61. The third-order valence-electron chi connectivity index (χ3n) is 2.04. The molecule has 0 amide bonds. The lowest BCUT2D eigenvalue weighted by Crippen LogP contribution is -2.09. The molecule has 0 aromatic rings. The van der Waals surface area contributed by atoms with Gasteiger partial charge in [-0.2, -0.15) is 0 Å². The number of rotatable bonds is 7. The fourth-order valence-electron chi connectivity index (χ4n) is 1.24. The van der Waals surface area contributed by atoms with Gasteiger partial charge in [-0.3, -0.25) is 0 Å². The molecule has 0 aliphatic carbocycles. The molecule has 0 radical (unpaired) electrons. The van der Waals surface area contributed by atoms with Crippen molar-refractivity contribution in [1.29, 1.82) is 0 Å². The number of hydrogen-bond donors (Lipinski definition) is 1. The molecule has 0 rings (SSSR count). The van der Waals surface area contributed by atoms with Crippen molar-refractivity contribution in [3.63, 3.8) is 0 Å². The van der Waals surface area contributed by atoms with E-state index in [4.69, 9.17) is 9.84 Å². The largest absolute Gasteiger partial charge is 0.462 e. The molecule has 0 saturated heterocycles. The molecule has 0 aromatic carbocycles. The predicted octanol–water partition coefficient (Wildman–Crippen LogP) is 2.44. The Hall–Kier alpha value is -0.830. The molecule has 3 nitrogen and oxygen atoms in total. The van der Waals surface area contributed by atoms with Crippen molar-refractivity contribution < 1.29 is 14.6 Å². The number of carbonyl (C=O) groups is 1. The number of hydrogen-bond acceptors (Lipinski definition) is 3. The summed E-state index contributed by atoms with van der Waals surface area (Å²) in [6.45, 7) is 5.88. The van der Waals surface area contributed by atoms with Gasteiger partial charge in [0.1, 0.15) is 0 Å². The lowest BCUT2D eigenvalue weighted by Gasteiger charge is -2.05. The van der Waals surface area contributed by atoms with E-state index in [1.54, 1.807) is 13.8 Å². The average molecular weight is 214 g/mol. The highest BCUT2D eigenvalue weighted by molar-refractivity contribution is 5.87. The molecule has 0 aliphatic heterocycles. The van der Waals surface area contributed by atoms with E-state index in [1.807, 2.05) is 0 Å². The van der Waals surface area contributed by atoms with Crippen molar-refractivity contribution in [1.82, 2.24) is 0 Å². The predicted molar refractivity (Wildman–Crippen MR) is 60.5 cm³/mol. The highest BCUT2D eigenvalue weighted by atomic mass is 16.5. The zero-order chi connectivity index (χ0) is 11.7. The molecule has 0 heterocycles. The van der Waals surface area contributed by atoms with Gasteiger partial charge in [0.05, 0.1) is 12.7 Å². The van der Waals surface area contributed by atoms with E-state index in [2.05, 4.69) is 6.92 Å². The van der Waals surface area contributed by atoms with E-state index in [1.165, 1.54) is 18.9 Å². The number of aliphatic hydroxyl groups is 1. The number of aliphatic hydroxyl groups excluding tert-OH is 1. The molecular formula is C12H22O3. The fraction of sp³-hybridized carbons (Fsp3) is 0.750. The van der Waals surface area contributed by atoms with Crippen LogP contribution < -0.4 is 0 Å². The second kappa shape index (κ2) is 8.48. The first kappa shape index (κ1) is 14.2. The maximum atomic E-state index is 11.3. The molecule has 0 aliphatic rings. The minimum absolute atomic E-state index is 0.326. The number of carbonyl (C=O) groups excluding carboxylic acids is 1. The third kappa shape index (κ3) is 8.18. The Morgan fingerprint density at radius 2 is 2.07 bits per heavy atom. The smallest absolute Gasteiger partial charge is 0.333 e. The van der Waals surface area contributed by atoms with Crippen LogP contribution in [0.4, 0.5) is 0 Å². The quantitative estimate of drug-likeness (QED) is 0.402. The third-order valence-corrected chi connectivity index (χ3v) is 2.04. The summed E-state index contributed by atoms with van der Waals surface area (Å²) in [5, 5.41) is 9.03. The first-order chi connectivity index (χ1) is 7.07. The van der Waals surface area contributed by atoms with Crippen molar-refractivity contribution in [2.24, 2.45) is 0 Å². The summed E-state index contributed by atoms with van der Waals surface area (Å²) >= 11 is 0. The van der Waals surface area contributed by atoms with Crippen molar-refractivity contribution >= 4 is 5.97 Å². The molecule has 0 aromatic heterocycles. The number of unbranched alkanes of at least 4 members (excludes halogenated alkanes) is 3. The lowest BCUT2D eigenvalue weighted by molar-refractivity contribution is -0.139. The minimum Gasteiger partial charge on any atom is -0.462 e. The Balaban J connectivity index is 3.65. The van der Waals surface area contributed by atoms with Gasteiger partial charge < -0.3 is 9.84 Å². The van der Waals surface area contributed by atoms with Gasteiger partial charge in [0, 0.05) is 5.57 Å². The lowest BCUT2D eigenvalue weighted by atomic mass is 10.2. The molecule has 1 N–H and O–H groups in total. The van der Waals surface area contributed by atoms with Crippen LogP contribution >= 0.6 is 0 Å². The van der Waals surface area contributed by atoms with Crippen LogP contribution in [0.1, 0.15) is 46.5 Å². The standard InChI is InChI=1S/C12H22O3/c1-4-5-6-7-8-15-12(14)10(2)9-11(3)13/h9,11,13H,4-8H2,1-3H3/b10-9+. The number of esters is 1. The van der Waals surface area contributed by atoms with Crippen LogP contribution in [-0.4, -0.2) is 23.8 Å². The van der Waals surface area contributed by atoms with Gasteiger partial charge in [0.25, 0.3) is 0 Å². The average Bonchev–Trinajstić information content (AvgIpc) is 2.16. The SMILES string of the molecule is CCCCCCOC(=O)/C(C)=C/C(C)O. The van der Waals surface area contributed by atoms with Gasteiger partial charge in [-0.1, -0.05) is 26.2 Å². The summed E-state index contributed by atoms with van der Waals surface area (Å²) in [4.78, 5) is 11.3. The molecule has 88 valence electrons. The molecule has 0 bridgehead atoms. The van der Waals surface area contributed by atoms with Gasteiger partial charge in [0.15, 0.2) is 0 Å². The van der Waals surface area contributed by atoms with Gasteiger partial charge in [-0.15, -0.1) is 0 Å². The van der Waals surface area contributed by atoms with Gasteiger partial charge in [0.2, 0.25) is 0 Å². The highest BCUT2D eigenvalue weighted by Crippen LogP contribution is 2.02. The normalized spacial score (nSPS) is 13.7. The van der Waals surface area contributed by atoms with Gasteiger partial charge in [-0.05, 0) is 26.3 Å². The zero-order valence-electron chi connectivity index (χ0n) is 9.95. The second-order valence-electron chi connectivity index (χ2n) is 3.79. The van der Waals surface area contributed by atoms with Crippen LogP contribution in [0, 0.1) is 0 Å². The summed E-state index contributed by atoms with van der Waals surface area (Å²) in [7, 11) is 0. The molecule has 1 unspecified atom stereocenters. The van der Waals surface area contributed by atoms with Crippen LogP contribution in [0.3, 0.4) is 0 Å². The van der Waals surface area contributed by atoms with Crippen molar-refractivity contribution in [3.05, 3.63) is 11.6 Å². The van der Waals surface area contributed by atoms with Crippen LogP contribution in [0.2, 0.25) is 0 Å². The molecule has 3 heteroatoms. The molecule has 0 saturated carbocycles. The summed E-state index contributed by atoms with van der Waals surface area (Å²) in [6.07, 6.45) is 5.27. The van der Waals surface area contributed by atoms with E-state index in [-0.39, 0.29) is 5.97 Å². The monoisotopic (exact) mass is 214 g/mol. The van der Waals surface area contributed by atoms with Crippen LogP contribution in [-0.2, 0) is 9.53 Å². The Kier molecular flexibility index (Phi) is 8.01. The molecule has 15 heavy (non-hydrogen) atoms. The van der Waals surface area contributed by atoms with Crippen LogP contribution in [0.25, 0.3) is 0 Å². The van der Waals surface area contributed by atoms with Crippen LogP contribution in [0.15, 0.2) is 11.6 Å². The fourth-order valence-corrected chi connectivity index (χ4v) is 1.24. The second-order valence-corrected chi connectivity index (χ2v) is 3.79. The molecular weight excluding hydrogens is 192 g/mol. The van der Waals surface area contributed by atoms with E-state index in [0.29, 0.717) is 12.2 Å². The summed E-state index contributed by atoms with van der Waals surface area (Å²) < 4.78 is 5.03. The molecule has 0 fully saturated rings. The highest BCUT2D eigenvalue weighted by Gasteiger charge is 2.05. The minimum atomic E-state index is -0.599. The van der Waals surface area contributed by atoms with Crippen molar-refractivity contribution in [3.8, 4) is 0 Å². The Morgan fingerprint density at radius 3 is 2.60 bits per heavy atom. The summed E-state index contributed by atoms with van der Waals surface area (Å²) in [5.41, 5.74) is 0.473.